The van der Waals surface area contributed by atoms with Gasteiger partial charge in [0, 0.05) is 30.1 Å². The summed E-state index contributed by atoms with van der Waals surface area (Å²) in [5.74, 6) is -1.22. The number of aliphatic hydroxyl groups excluding tert-OH is 1. The molecule has 1 aliphatic rings. The van der Waals surface area contributed by atoms with Gasteiger partial charge in [-0.3, -0.25) is 4.57 Å². The molecule has 0 amide bonds. The van der Waals surface area contributed by atoms with Crippen LogP contribution in [0.2, 0.25) is 5.02 Å². The Morgan fingerprint density at radius 3 is 2.19 bits per heavy atom. The average Bonchev–Trinajstić information content (AvgIpc) is 2.69. The molecule has 0 aliphatic heterocycles. The largest absolute Gasteiger partial charge is 0.378 e. The van der Waals surface area contributed by atoms with Crippen LogP contribution in [-0.2, 0) is 9.09 Å². The van der Waals surface area contributed by atoms with E-state index in [-0.39, 0.29) is 6.10 Å². The van der Waals surface area contributed by atoms with E-state index in [1.807, 2.05) is 31.1 Å². The number of rotatable bonds is 6. The molecule has 27 heavy (non-hydrogen) atoms. The Morgan fingerprint density at radius 1 is 1.04 bits per heavy atom. The summed E-state index contributed by atoms with van der Waals surface area (Å²) in [7, 11) is 0.384. The Hall–Kier alpha value is -1.32. The Kier molecular flexibility index (Phi) is 6.65. The lowest BCUT2D eigenvalue weighted by molar-refractivity contribution is 0.137. The highest BCUT2D eigenvalue weighted by Crippen LogP contribution is 2.59. The molecule has 0 aromatic heterocycles. The van der Waals surface area contributed by atoms with Crippen molar-refractivity contribution in [2.75, 3.05) is 19.0 Å². The van der Waals surface area contributed by atoms with Crippen LogP contribution >= 0.6 is 19.0 Å². The van der Waals surface area contributed by atoms with Crippen molar-refractivity contribution in [1.82, 2.24) is 0 Å². The Labute approximate surface area is 166 Å². The molecule has 1 fully saturated rings. The van der Waals surface area contributed by atoms with Gasteiger partial charge >= 0.3 is 0 Å². The Morgan fingerprint density at radius 2 is 1.63 bits per heavy atom. The zero-order valence-corrected chi connectivity index (χ0v) is 17.5. The summed E-state index contributed by atoms with van der Waals surface area (Å²) >= 11 is 5.96. The molecule has 0 spiro atoms. The van der Waals surface area contributed by atoms with Crippen molar-refractivity contribution in [1.29, 1.82) is 0 Å². The second-order valence-electron chi connectivity index (χ2n) is 7.30. The molecule has 6 heteroatoms. The van der Waals surface area contributed by atoms with Crippen molar-refractivity contribution < 1.29 is 14.2 Å². The minimum Gasteiger partial charge on any atom is -0.378 e. The fraction of sp³-hybridized carbons (Fsp3) is 0.429. The predicted molar refractivity (Wildman–Crippen MR) is 112 cm³/mol. The minimum absolute atomic E-state index is 0.0833. The number of benzene rings is 2. The third kappa shape index (κ3) is 4.75. The molecule has 3 rings (SSSR count). The quantitative estimate of drug-likeness (QED) is 0.656. The SMILES string of the molecule is CN(C)c1ccc([P@@](=O)(OC2CCCCC2)[C@@H](O)c2ccc(Cl)cc2)cc1. The van der Waals surface area contributed by atoms with E-state index in [9.17, 15) is 9.67 Å². The van der Waals surface area contributed by atoms with Crippen LogP contribution in [-0.4, -0.2) is 25.3 Å². The summed E-state index contributed by atoms with van der Waals surface area (Å²) in [6.07, 6.45) is 5.00. The molecular formula is C21H27ClNO3P. The van der Waals surface area contributed by atoms with E-state index in [4.69, 9.17) is 16.1 Å². The summed E-state index contributed by atoms with van der Waals surface area (Å²) in [6, 6.07) is 14.2. The lowest BCUT2D eigenvalue weighted by Gasteiger charge is -2.31. The molecule has 2 aromatic rings. The maximum Gasteiger partial charge on any atom is 0.264 e. The molecular weight excluding hydrogens is 381 g/mol. The van der Waals surface area contributed by atoms with Gasteiger partial charge in [0.25, 0.3) is 7.37 Å². The van der Waals surface area contributed by atoms with Crippen LogP contribution in [0.1, 0.15) is 43.5 Å². The third-order valence-corrected chi connectivity index (χ3v) is 7.90. The first kappa shape index (κ1) is 20.4. The maximum atomic E-state index is 14.0. The number of nitrogens with zero attached hydrogens (tertiary/aromatic N) is 1. The van der Waals surface area contributed by atoms with Crippen molar-refractivity contribution in [3.63, 3.8) is 0 Å². The maximum absolute atomic E-state index is 14.0. The molecule has 1 saturated carbocycles. The van der Waals surface area contributed by atoms with Gasteiger partial charge < -0.3 is 14.5 Å². The highest BCUT2D eigenvalue weighted by molar-refractivity contribution is 7.67. The summed E-state index contributed by atoms with van der Waals surface area (Å²) in [4.78, 5) is 1.98. The van der Waals surface area contributed by atoms with Gasteiger partial charge in [0.2, 0.25) is 0 Å². The second-order valence-corrected chi connectivity index (χ2v) is 10.1. The highest BCUT2D eigenvalue weighted by Gasteiger charge is 2.39. The van der Waals surface area contributed by atoms with E-state index >= 15 is 0 Å². The van der Waals surface area contributed by atoms with E-state index in [2.05, 4.69) is 0 Å². The molecule has 4 nitrogen and oxygen atoms in total. The van der Waals surface area contributed by atoms with Crippen LogP contribution in [0, 0.1) is 0 Å². The molecule has 0 heterocycles. The van der Waals surface area contributed by atoms with Crippen LogP contribution in [0.15, 0.2) is 48.5 Å². The minimum atomic E-state index is -3.52. The molecule has 0 saturated heterocycles. The zero-order chi connectivity index (χ0) is 19.4. The monoisotopic (exact) mass is 407 g/mol. The fourth-order valence-electron chi connectivity index (χ4n) is 3.44. The summed E-state index contributed by atoms with van der Waals surface area (Å²) in [6.45, 7) is 0. The van der Waals surface area contributed by atoms with E-state index in [0.717, 1.165) is 31.4 Å². The number of hydrogen-bond acceptors (Lipinski definition) is 4. The first-order valence-corrected chi connectivity index (χ1v) is 11.5. The second kappa shape index (κ2) is 8.79. The van der Waals surface area contributed by atoms with Gasteiger partial charge in [0.1, 0.15) is 0 Å². The van der Waals surface area contributed by atoms with Crippen molar-refractivity contribution in [3.8, 4) is 0 Å². The van der Waals surface area contributed by atoms with Gasteiger partial charge in [0.15, 0.2) is 5.85 Å². The number of hydrogen-bond donors (Lipinski definition) is 1. The van der Waals surface area contributed by atoms with Crippen LogP contribution in [0.5, 0.6) is 0 Å². The summed E-state index contributed by atoms with van der Waals surface area (Å²) in [5, 5.41) is 12.2. The standard InChI is InChI=1S/C21H27ClNO3P/c1-23(2)18-12-14-20(15-13-18)27(25,26-19-6-4-3-5-7-19)21(24)16-8-10-17(22)11-9-16/h8-15,19,21,24H,3-7H2,1-2H3/t21-,27-/m1/s1. The van der Waals surface area contributed by atoms with Crippen molar-refractivity contribution >= 4 is 30.0 Å². The number of halogens is 1. The summed E-state index contributed by atoms with van der Waals surface area (Å²) in [5.41, 5.74) is 1.55. The van der Waals surface area contributed by atoms with Crippen LogP contribution < -0.4 is 10.2 Å². The fourth-order valence-corrected chi connectivity index (χ4v) is 5.87. The van der Waals surface area contributed by atoms with Gasteiger partial charge in [-0.1, -0.05) is 43.0 Å². The van der Waals surface area contributed by atoms with Crippen LogP contribution in [0.4, 0.5) is 5.69 Å². The molecule has 0 bridgehead atoms. The van der Waals surface area contributed by atoms with Gasteiger partial charge in [-0.05, 0) is 54.8 Å². The first-order chi connectivity index (χ1) is 12.9. The van der Waals surface area contributed by atoms with E-state index < -0.39 is 13.2 Å². The molecule has 1 aliphatic carbocycles. The van der Waals surface area contributed by atoms with Gasteiger partial charge in [-0.15, -0.1) is 0 Å². The van der Waals surface area contributed by atoms with Gasteiger partial charge in [0.05, 0.1) is 6.10 Å². The van der Waals surface area contributed by atoms with E-state index in [0.29, 0.717) is 15.9 Å². The Bertz CT molecular complexity index is 786. The predicted octanol–water partition coefficient (Wildman–Crippen LogP) is 5.35. The smallest absolute Gasteiger partial charge is 0.264 e. The molecule has 2 atom stereocenters. The molecule has 146 valence electrons. The molecule has 1 N–H and O–H groups in total. The van der Waals surface area contributed by atoms with Crippen molar-refractivity contribution in [2.45, 2.75) is 44.1 Å². The summed E-state index contributed by atoms with van der Waals surface area (Å²) < 4.78 is 20.2. The van der Waals surface area contributed by atoms with Crippen molar-refractivity contribution in [3.05, 3.63) is 59.1 Å². The van der Waals surface area contributed by atoms with E-state index in [1.54, 1.807) is 36.4 Å². The van der Waals surface area contributed by atoms with Gasteiger partial charge in [-0.25, -0.2) is 0 Å². The molecule has 2 aromatic carbocycles. The lowest BCUT2D eigenvalue weighted by atomic mass is 9.98. The Balaban J connectivity index is 1.96. The van der Waals surface area contributed by atoms with Gasteiger partial charge in [-0.2, -0.15) is 0 Å². The van der Waals surface area contributed by atoms with Crippen LogP contribution in [0.3, 0.4) is 0 Å². The topological polar surface area (TPSA) is 49.8 Å². The van der Waals surface area contributed by atoms with E-state index in [1.165, 1.54) is 6.42 Å². The number of anilines is 1. The first-order valence-electron chi connectivity index (χ1n) is 9.40. The third-order valence-electron chi connectivity index (χ3n) is 5.07. The van der Waals surface area contributed by atoms with Crippen LogP contribution in [0.25, 0.3) is 0 Å². The average molecular weight is 408 g/mol. The molecule has 0 radical (unpaired) electrons. The highest BCUT2D eigenvalue weighted by atomic mass is 35.5. The van der Waals surface area contributed by atoms with Crippen molar-refractivity contribution in [2.24, 2.45) is 0 Å². The zero-order valence-electron chi connectivity index (χ0n) is 15.8. The number of aliphatic hydroxyl groups is 1. The molecule has 0 unspecified atom stereocenters. The lowest BCUT2D eigenvalue weighted by Crippen LogP contribution is -2.22. The normalized spacial score (nSPS) is 18.7.